The lowest BCUT2D eigenvalue weighted by Crippen LogP contribution is -2.17. The number of halogens is 1. The first-order chi connectivity index (χ1) is 9.51. The van der Waals surface area contributed by atoms with Gasteiger partial charge in [0.2, 0.25) is 0 Å². The van der Waals surface area contributed by atoms with Gasteiger partial charge in [-0.15, -0.1) is 0 Å². The molecule has 0 radical (unpaired) electrons. The lowest BCUT2D eigenvalue weighted by atomic mass is 9.99. The average Bonchev–Trinajstić information content (AvgIpc) is 2.38. The van der Waals surface area contributed by atoms with Crippen molar-refractivity contribution in [1.82, 2.24) is 4.98 Å². The second-order valence-corrected chi connectivity index (χ2v) is 5.42. The third-order valence-electron chi connectivity index (χ3n) is 3.29. The number of rotatable bonds is 4. The third-order valence-corrected chi connectivity index (χ3v) is 3.52. The van der Waals surface area contributed by atoms with E-state index in [9.17, 15) is 0 Å². The maximum Gasteiger partial charge on any atom is 0.122 e. The topological polar surface area (TPSA) is 48.1 Å². The molecule has 2 rings (SSSR count). The zero-order valence-electron chi connectivity index (χ0n) is 12.0. The molecular formula is C16H19ClN2O. The van der Waals surface area contributed by atoms with Crippen LogP contribution < -0.4 is 10.5 Å². The Kier molecular flexibility index (Phi) is 4.63. The van der Waals surface area contributed by atoms with Crippen molar-refractivity contribution < 1.29 is 4.74 Å². The van der Waals surface area contributed by atoms with Crippen LogP contribution in [0, 0.1) is 13.8 Å². The van der Waals surface area contributed by atoms with E-state index in [1.807, 2.05) is 38.2 Å². The number of pyridine rings is 1. The van der Waals surface area contributed by atoms with Crippen LogP contribution in [0.5, 0.6) is 5.75 Å². The van der Waals surface area contributed by atoms with Crippen molar-refractivity contribution in [2.75, 3.05) is 7.11 Å². The fraction of sp³-hybridized carbons (Fsp3) is 0.312. The molecule has 0 aliphatic carbocycles. The van der Waals surface area contributed by atoms with E-state index < -0.39 is 0 Å². The Morgan fingerprint density at radius 2 is 2.05 bits per heavy atom. The van der Waals surface area contributed by atoms with Crippen molar-refractivity contribution in [3.63, 3.8) is 0 Å². The van der Waals surface area contributed by atoms with Crippen molar-refractivity contribution >= 4 is 11.6 Å². The molecule has 1 atom stereocenters. The molecule has 1 unspecified atom stereocenters. The van der Waals surface area contributed by atoms with Gasteiger partial charge >= 0.3 is 0 Å². The van der Waals surface area contributed by atoms with Crippen LogP contribution in [-0.2, 0) is 6.42 Å². The zero-order chi connectivity index (χ0) is 14.7. The van der Waals surface area contributed by atoms with Gasteiger partial charge in [0.05, 0.1) is 18.8 Å². The number of nitrogens with zero attached hydrogens (tertiary/aromatic N) is 1. The number of methoxy groups -OCH3 is 1. The Morgan fingerprint density at radius 1 is 1.30 bits per heavy atom. The van der Waals surface area contributed by atoms with Crippen LogP contribution in [0.2, 0.25) is 5.02 Å². The molecule has 3 nitrogen and oxygen atoms in total. The quantitative estimate of drug-likeness (QED) is 0.936. The average molecular weight is 291 g/mol. The van der Waals surface area contributed by atoms with Crippen LogP contribution in [0.3, 0.4) is 0 Å². The normalized spacial score (nSPS) is 12.2. The number of aryl methyl sites for hydroxylation is 2. The summed E-state index contributed by atoms with van der Waals surface area (Å²) in [5.74, 6) is 0.801. The van der Waals surface area contributed by atoms with Crippen molar-refractivity contribution in [2.24, 2.45) is 5.73 Å². The van der Waals surface area contributed by atoms with Gasteiger partial charge in [0.25, 0.3) is 0 Å². The SMILES string of the molecule is COc1ccc(Cl)cc1CC(N)c1ncc(C)cc1C. The third kappa shape index (κ3) is 3.30. The van der Waals surface area contributed by atoms with Crippen LogP contribution in [-0.4, -0.2) is 12.1 Å². The zero-order valence-corrected chi connectivity index (χ0v) is 12.7. The van der Waals surface area contributed by atoms with E-state index in [4.69, 9.17) is 22.1 Å². The molecule has 2 aromatic rings. The number of nitrogens with two attached hydrogens (primary N) is 1. The van der Waals surface area contributed by atoms with E-state index in [0.29, 0.717) is 11.4 Å². The highest BCUT2D eigenvalue weighted by molar-refractivity contribution is 6.30. The van der Waals surface area contributed by atoms with Crippen LogP contribution in [0.4, 0.5) is 0 Å². The second-order valence-electron chi connectivity index (χ2n) is 4.98. The summed E-state index contributed by atoms with van der Waals surface area (Å²) >= 11 is 6.04. The van der Waals surface area contributed by atoms with Gasteiger partial charge in [-0.1, -0.05) is 17.7 Å². The Morgan fingerprint density at radius 3 is 2.70 bits per heavy atom. The number of hydrogen-bond donors (Lipinski definition) is 1. The summed E-state index contributed by atoms with van der Waals surface area (Å²) in [5.41, 5.74) is 10.4. The minimum atomic E-state index is -0.178. The van der Waals surface area contributed by atoms with Crippen LogP contribution >= 0.6 is 11.6 Å². The Hall–Kier alpha value is -1.58. The molecular weight excluding hydrogens is 272 g/mol. The van der Waals surface area contributed by atoms with Gasteiger partial charge in [-0.05, 0) is 55.2 Å². The number of aromatic nitrogens is 1. The van der Waals surface area contributed by atoms with E-state index in [1.54, 1.807) is 7.11 Å². The number of hydrogen-bond acceptors (Lipinski definition) is 3. The second kappa shape index (κ2) is 6.25. The maximum atomic E-state index is 6.29. The minimum absolute atomic E-state index is 0.178. The predicted molar refractivity (Wildman–Crippen MR) is 82.3 cm³/mol. The molecule has 0 saturated heterocycles. The number of benzene rings is 1. The minimum Gasteiger partial charge on any atom is -0.496 e. The highest BCUT2D eigenvalue weighted by atomic mass is 35.5. The van der Waals surface area contributed by atoms with Gasteiger partial charge < -0.3 is 10.5 Å². The molecule has 1 heterocycles. The summed E-state index contributed by atoms with van der Waals surface area (Å²) in [6, 6.07) is 7.48. The smallest absolute Gasteiger partial charge is 0.122 e. The van der Waals surface area contributed by atoms with Gasteiger partial charge in [0, 0.05) is 11.2 Å². The predicted octanol–water partition coefficient (Wildman–Crippen LogP) is 3.60. The van der Waals surface area contributed by atoms with Crippen LogP contribution in [0.25, 0.3) is 0 Å². The van der Waals surface area contributed by atoms with Crippen molar-refractivity contribution in [3.8, 4) is 5.75 Å². The molecule has 0 spiro atoms. The van der Waals surface area contributed by atoms with E-state index in [-0.39, 0.29) is 6.04 Å². The van der Waals surface area contributed by atoms with E-state index in [2.05, 4.69) is 11.1 Å². The van der Waals surface area contributed by atoms with Crippen LogP contribution in [0.1, 0.15) is 28.4 Å². The molecule has 0 saturated carbocycles. The molecule has 1 aromatic heterocycles. The number of ether oxygens (including phenoxy) is 1. The van der Waals surface area contributed by atoms with Gasteiger partial charge in [0.1, 0.15) is 5.75 Å². The highest BCUT2D eigenvalue weighted by Crippen LogP contribution is 2.27. The monoisotopic (exact) mass is 290 g/mol. The summed E-state index contributed by atoms with van der Waals surface area (Å²) in [6.07, 6.45) is 2.48. The molecule has 0 amide bonds. The fourth-order valence-corrected chi connectivity index (χ4v) is 2.55. The summed E-state index contributed by atoms with van der Waals surface area (Å²) < 4.78 is 5.35. The maximum absolute atomic E-state index is 6.29. The van der Waals surface area contributed by atoms with E-state index >= 15 is 0 Å². The first kappa shape index (κ1) is 14.8. The Labute approximate surface area is 124 Å². The molecule has 4 heteroatoms. The van der Waals surface area contributed by atoms with Gasteiger partial charge in [-0.3, -0.25) is 4.98 Å². The van der Waals surface area contributed by atoms with E-state index in [1.165, 1.54) is 0 Å². The van der Waals surface area contributed by atoms with Gasteiger partial charge in [0.15, 0.2) is 0 Å². The Balaban J connectivity index is 2.27. The van der Waals surface area contributed by atoms with Crippen molar-refractivity contribution in [3.05, 3.63) is 57.9 Å². The van der Waals surface area contributed by atoms with Gasteiger partial charge in [-0.2, -0.15) is 0 Å². The van der Waals surface area contributed by atoms with Crippen molar-refractivity contribution in [2.45, 2.75) is 26.3 Å². The summed E-state index contributed by atoms with van der Waals surface area (Å²) in [7, 11) is 1.65. The molecule has 0 aliphatic rings. The lowest BCUT2D eigenvalue weighted by Gasteiger charge is -2.16. The highest BCUT2D eigenvalue weighted by Gasteiger charge is 2.14. The first-order valence-electron chi connectivity index (χ1n) is 6.52. The lowest BCUT2D eigenvalue weighted by molar-refractivity contribution is 0.408. The van der Waals surface area contributed by atoms with E-state index in [0.717, 1.165) is 28.1 Å². The molecule has 0 fully saturated rings. The van der Waals surface area contributed by atoms with Crippen molar-refractivity contribution in [1.29, 1.82) is 0 Å². The molecule has 2 N–H and O–H groups in total. The standard InChI is InChI=1S/C16H19ClN2O/c1-10-6-11(2)16(19-9-10)14(18)8-12-7-13(17)4-5-15(12)20-3/h4-7,9,14H,8,18H2,1-3H3. The molecule has 0 bridgehead atoms. The molecule has 106 valence electrons. The molecule has 0 aliphatic heterocycles. The van der Waals surface area contributed by atoms with Crippen LogP contribution in [0.15, 0.2) is 30.5 Å². The molecule has 20 heavy (non-hydrogen) atoms. The fourth-order valence-electron chi connectivity index (χ4n) is 2.35. The summed E-state index contributed by atoms with van der Waals surface area (Å²) in [4.78, 5) is 4.45. The Bertz CT molecular complexity index is 613. The summed E-state index contributed by atoms with van der Waals surface area (Å²) in [6.45, 7) is 4.06. The van der Waals surface area contributed by atoms with Gasteiger partial charge in [-0.25, -0.2) is 0 Å². The molecule has 1 aromatic carbocycles. The largest absolute Gasteiger partial charge is 0.496 e. The first-order valence-corrected chi connectivity index (χ1v) is 6.90. The summed E-state index contributed by atoms with van der Waals surface area (Å²) in [5, 5.41) is 0.682.